The van der Waals surface area contributed by atoms with Crippen LogP contribution in [0.3, 0.4) is 0 Å². The van der Waals surface area contributed by atoms with Crippen LogP contribution >= 0.6 is 0 Å². The van der Waals surface area contributed by atoms with Gasteiger partial charge in [-0.3, -0.25) is 4.74 Å². The standard InChI is InChI=1S/C30H22O3/c1-3-11-21(12-4-1)25-19-23-15-7-9-17-27(23)31-29(25)33-30-26(22-13-5-2-6-14-22)20-24-16-8-10-18-28(24)32-30/h1-20,29-30H/t29-,30+. The van der Waals surface area contributed by atoms with Crippen LogP contribution in [0, 0.1) is 0 Å². The Balaban J connectivity index is 1.40. The maximum absolute atomic E-state index is 6.60. The van der Waals surface area contributed by atoms with E-state index in [9.17, 15) is 0 Å². The Morgan fingerprint density at radius 3 is 1.30 bits per heavy atom. The number of rotatable bonds is 4. The van der Waals surface area contributed by atoms with Crippen molar-refractivity contribution < 1.29 is 14.2 Å². The van der Waals surface area contributed by atoms with Gasteiger partial charge in [-0.05, 0) is 35.4 Å². The molecule has 0 radical (unpaired) electrons. The molecule has 2 aliphatic rings. The third kappa shape index (κ3) is 3.84. The lowest BCUT2D eigenvalue weighted by Crippen LogP contribution is -2.35. The van der Waals surface area contributed by atoms with Crippen LogP contribution in [0.5, 0.6) is 11.5 Å². The van der Waals surface area contributed by atoms with Crippen molar-refractivity contribution in [3.8, 4) is 11.5 Å². The van der Waals surface area contributed by atoms with Gasteiger partial charge in [0.05, 0.1) is 0 Å². The normalized spacial score (nSPS) is 18.7. The van der Waals surface area contributed by atoms with Crippen molar-refractivity contribution in [1.29, 1.82) is 0 Å². The summed E-state index contributed by atoms with van der Waals surface area (Å²) in [6.45, 7) is 0. The smallest absolute Gasteiger partial charge is 0.230 e. The fourth-order valence-electron chi connectivity index (χ4n) is 4.26. The zero-order valence-electron chi connectivity index (χ0n) is 17.9. The van der Waals surface area contributed by atoms with E-state index in [-0.39, 0.29) is 0 Å². The number of hydrogen-bond acceptors (Lipinski definition) is 3. The van der Waals surface area contributed by atoms with E-state index in [4.69, 9.17) is 14.2 Å². The Morgan fingerprint density at radius 1 is 0.455 bits per heavy atom. The molecule has 4 aromatic carbocycles. The van der Waals surface area contributed by atoms with E-state index in [2.05, 4.69) is 48.6 Å². The van der Waals surface area contributed by atoms with Crippen molar-refractivity contribution in [1.82, 2.24) is 0 Å². The zero-order valence-corrected chi connectivity index (χ0v) is 17.9. The topological polar surface area (TPSA) is 27.7 Å². The maximum Gasteiger partial charge on any atom is 0.230 e. The van der Waals surface area contributed by atoms with Crippen molar-refractivity contribution in [2.24, 2.45) is 0 Å². The quantitative estimate of drug-likeness (QED) is 0.352. The average Bonchev–Trinajstić information content (AvgIpc) is 2.89. The first kappa shape index (κ1) is 19.6. The van der Waals surface area contributed by atoms with Gasteiger partial charge in [0.2, 0.25) is 12.6 Å². The molecule has 0 aromatic heterocycles. The molecular weight excluding hydrogens is 408 g/mol. The van der Waals surface area contributed by atoms with Crippen LogP contribution in [0.25, 0.3) is 23.3 Å². The van der Waals surface area contributed by atoms with Crippen LogP contribution in [0.4, 0.5) is 0 Å². The van der Waals surface area contributed by atoms with Gasteiger partial charge < -0.3 is 9.47 Å². The average molecular weight is 431 g/mol. The van der Waals surface area contributed by atoms with Crippen molar-refractivity contribution in [3.05, 3.63) is 131 Å². The summed E-state index contributed by atoms with van der Waals surface area (Å²) in [6.07, 6.45) is 3.04. The van der Waals surface area contributed by atoms with E-state index in [1.807, 2.05) is 72.8 Å². The third-order valence-electron chi connectivity index (χ3n) is 5.90. The predicted molar refractivity (Wildman–Crippen MR) is 131 cm³/mol. The summed E-state index contributed by atoms with van der Waals surface area (Å²) in [6, 6.07) is 36.4. The molecule has 33 heavy (non-hydrogen) atoms. The first-order valence-corrected chi connectivity index (χ1v) is 11.1. The summed E-state index contributed by atoms with van der Waals surface area (Å²) in [7, 11) is 0. The van der Waals surface area contributed by atoms with E-state index >= 15 is 0 Å². The molecule has 4 aromatic rings. The van der Waals surface area contributed by atoms with Crippen molar-refractivity contribution >= 4 is 23.3 Å². The molecule has 0 fully saturated rings. The summed E-state index contributed by atoms with van der Waals surface area (Å²) in [5.41, 5.74) is 6.10. The van der Waals surface area contributed by atoms with E-state index < -0.39 is 12.6 Å². The Hall–Kier alpha value is -4.08. The number of hydrogen-bond donors (Lipinski definition) is 0. The van der Waals surface area contributed by atoms with E-state index in [1.165, 1.54) is 0 Å². The number of para-hydroxylation sites is 2. The third-order valence-corrected chi connectivity index (χ3v) is 5.90. The predicted octanol–water partition coefficient (Wildman–Crippen LogP) is 6.92. The van der Waals surface area contributed by atoms with Crippen LogP contribution < -0.4 is 9.47 Å². The minimum Gasteiger partial charge on any atom is -0.460 e. The van der Waals surface area contributed by atoms with Gasteiger partial charge in [-0.25, -0.2) is 0 Å². The fraction of sp³-hybridized carbons (Fsp3) is 0.0667. The molecule has 0 bridgehead atoms. The molecule has 160 valence electrons. The minimum absolute atomic E-state index is 0.621. The van der Waals surface area contributed by atoms with Crippen LogP contribution in [0.15, 0.2) is 109 Å². The Morgan fingerprint density at radius 2 is 0.848 bits per heavy atom. The van der Waals surface area contributed by atoms with Gasteiger partial charge in [-0.2, -0.15) is 0 Å². The Labute approximate surface area is 193 Å². The lowest BCUT2D eigenvalue weighted by atomic mass is 9.98. The molecule has 3 heteroatoms. The number of ether oxygens (including phenoxy) is 3. The highest BCUT2D eigenvalue weighted by atomic mass is 16.8. The van der Waals surface area contributed by atoms with Gasteiger partial charge in [0.1, 0.15) is 11.5 Å². The minimum atomic E-state index is -0.621. The van der Waals surface area contributed by atoms with E-state index in [0.717, 1.165) is 44.9 Å². The summed E-state index contributed by atoms with van der Waals surface area (Å²) in [5, 5.41) is 0. The molecule has 2 aliphatic heterocycles. The second kappa shape index (κ2) is 8.45. The van der Waals surface area contributed by atoms with Crippen LogP contribution in [-0.4, -0.2) is 12.6 Å². The highest BCUT2D eigenvalue weighted by Gasteiger charge is 2.32. The molecule has 0 aliphatic carbocycles. The van der Waals surface area contributed by atoms with Crippen LogP contribution in [-0.2, 0) is 4.74 Å². The molecule has 3 nitrogen and oxygen atoms in total. The van der Waals surface area contributed by atoms with E-state index in [1.54, 1.807) is 0 Å². The van der Waals surface area contributed by atoms with Crippen LogP contribution in [0.1, 0.15) is 22.3 Å². The number of fused-ring (bicyclic) bond motifs is 2. The molecule has 0 N–H and O–H groups in total. The highest BCUT2D eigenvalue weighted by molar-refractivity contribution is 5.88. The second-order valence-corrected chi connectivity index (χ2v) is 8.04. The molecule has 6 rings (SSSR count). The molecule has 2 heterocycles. The molecule has 0 unspecified atom stereocenters. The zero-order chi connectivity index (χ0) is 22.0. The summed E-state index contributed by atoms with van der Waals surface area (Å²) in [4.78, 5) is 0. The summed E-state index contributed by atoms with van der Waals surface area (Å²) >= 11 is 0. The summed E-state index contributed by atoms with van der Waals surface area (Å²) in [5.74, 6) is 1.59. The van der Waals surface area contributed by atoms with Gasteiger partial charge in [-0.15, -0.1) is 0 Å². The summed E-state index contributed by atoms with van der Waals surface area (Å²) < 4.78 is 19.4. The Kier molecular flexibility index (Phi) is 5.02. The van der Waals surface area contributed by atoms with Gasteiger partial charge in [0, 0.05) is 22.3 Å². The van der Waals surface area contributed by atoms with Gasteiger partial charge in [0.15, 0.2) is 0 Å². The first-order chi connectivity index (χ1) is 16.3. The maximum atomic E-state index is 6.60. The molecule has 2 atom stereocenters. The highest BCUT2D eigenvalue weighted by Crippen LogP contribution is 2.39. The first-order valence-electron chi connectivity index (χ1n) is 11.1. The van der Waals surface area contributed by atoms with Gasteiger partial charge in [-0.1, -0.05) is 97.1 Å². The lowest BCUT2D eigenvalue weighted by molar-refractivity contribution is -0.132. The lowest BCUT2D eigenvalue weighted by Gasteiger charge is -2.33. The fourth-order valence-corrected chi connectivity index (χ4v) is 4.26. The largest absolute Gasteiger partial charge is 0.460 e. The molecule has 0 amide bonds. The van der Waals surface area contributed by atoms with Crippen molar-refractivity contribution in [3.63, 3.8) is 0 Å². The molecule has 0 spiro atoms. The van der Waals surface area contributed by atoms with Crippen molar-refractivity contribution in [2.75, 3.05) is 0 Å². The molecule has 0 saturated heterocycles. The number of benzene rings is 4. The Bertz CT molecular complexity index is 1230. The second-order valence-electron chi connectivity index (χ2n) is 8.04. The van der Waals surface area contributed by atoms with Crippen molar-refractivity contribution in [2.45, 2.75) is 12.6 Å². The molecular formula is C30H22O3. The van der Waals surface area contributed by atoms with E-state index in [0.29, 0.717) is 0 Å². The van der Waals surface area contributed by atoms with Gasteiger partial charge >= 0.3 is 0 Å². The monoisotopic (exact) mass is 430 g/mol. The molecule has 0 saturated carbocycles. The van der Waals surface area contributed by atoms with Crippen LogP contribution in [0.2, 0.25) is 0 Å². The SMILES string of the molecule is C1=C(c2ccccc2)[C@@H](O[C@@H]2Oc3ccccc3C=C2c2ccccc2)Oc2ccccc21. The van der Waals surface area contributed by atoms with Gasteiger partial charge in [0.25, 0.3) is 0 Å².